The van der Waals surface area contributed by atoms with Crippen molar-refractivity contribution in [3.05, 3.63) is 11.1 Å². The number of hydrogen-bond acceptors (Lipinski definition) is 6. The molecular weight excluding hydrogens is 256 g/mol. The largest absolute Gasteiger partial charge is 0.469 e. The zero-order valence-electron chi connectivity index (χ0n) is 10.2. The molecule has 1 aromatic heterocycles. The highest BCUT2D eigenvalue weighted by atomic mass is 32.2. The highest BCUT2D eigenvalue weighted by Crippen LogP contribution is 2.16. The molecule has 0 bridgehead atoms. The van der Waals surface area contributed by atoms with Crippen LogP contribution in [0.4, 0.5) is 5.13 Å². The fourth-order valence-electron chi connectivity index (χ4n) is 1.25. The van der Waals surface area contributed by atoms with Crippen molar-refractivity contribution in [3.63, 3.8) is 0 Å². The summed E-state index contributed by atoms with van der Waals surface area (Å²) in [6.07, 6.45) is 4.29. The zero-order valence-corrected chi connectivity index (χ0v) is 11.8. The Kier molecular flexibility index (Phi) is 7.04. The summed E-state index contributed by atoms with van der Waals surface area (Å²) in [6.45, 7) is 0.949. The van der Waals surface area contributed by atoms with Gasteiger partial charge < -0.3 is 10.1 Å². The molecule has 4 nitrogen and oxygen atoms in total. The van der Waals surface area contributed by atoms with Gasteiger partial charge in [0.2, 0.25) is 0 Å². The summed E-state index contributed by atoms with van der Waals surface area (Å²) < 4.78 is 4.59. The van der Waals surface area contributed by atoms with Crippen LogP contribution in [0.2, 0.25) is 0 Å². The van der Waals surface area contributed by atoms with E-state index in [4.69, 9.17) is 0 Å². The quantitative estimate of drug-likeness (QED) is 0.583. The van der Waals surface area contributed by atoms with Gasteiger partial charge in [-0.2, -0.15) is 11.8 Å². The number of ether oxygens (including phenoxy) is 1. The Balaban J connectivity index is 2.25. The molecule has 0 saturated heterocycles. The summed E-state index contributed by atoms with van der Waals surface area (Å²) in [7, 11) is 1.40. The number of methoxy groups -OCH3 is 1. The number of anilines is 1. The van der Waals surface area contributed by atoms with E-state index < -0.39 is 0 Å². The third-order valence-electron chi connectivity index (χ3n) is 2.17. The van der Waals surface area contributed by atoms with Gasteiger partial charge in [0, 0.05) is 18.3 Å². The molecular formula is C11H18N2O2S2. The van der Waals surface area contributed by atoms with Crippen LogP contribution >= 0.6 is 23.1 Å². The maximum atomic E-state index is 11.0. The van der Waals surface area contributed by atoms with Crippen LogP contribution in [-0.2, 0) is 16.0 Å². The highest BCUT2D eigenvalue weighted by Gasteiger charge is 2.05. The van der Waals surface area contributed by atoms with Crippen molar-refractivity contribution < 1.29 is 9.53 Å². The molecule has 0 spiro atoms. The second-order valence-electron chi connectivity index (χ2n) is 3.49. The molecule has 96 valence electrons. The molecule has 0 unspecified atom stereocenters. The first-order valence-electron chi connectivity index (χ1n) is 5.50. The number of thiazole rings is 1. The minimum absolute atomic E-state index is 0.188. The van der Waals surface area contributed by atoms with Crippen LogP contribution in [0.5, 0.6) is 0 Å². The van der Waals surface area contributed by atoms with E-state index >= 15 is 0 Å². The van der Waals surface area contributed by atoms with Gasteiger partial charge in [-0.05, 0) is 18.4 Å². The lowest BCUT2D eigenvalue weighted by Crippen LogP contribution is -2.03. The first-order valence-corrected chi connectivity index (χ1v) is 7.77. The predicted molar refractivity (Wildman–Crippen MR) is 73.9 cm³/mol. The van der Waals surface area contributed by atoms with Gasteiger partial charge in [0.1, 0.15) is 0 Å². The number of hydrogen-bond donors (Lipinski definition) is 1. The van der Waals surface area contributed by atoms with Gasteiger partial charge in [0.25, 0.3) is 0 Å². The van der Waals surface area contributed by atoms with Crippen LogP contribution in [0, 0.1) is 0 Å². The molecule has 0 saturated carbocycles. The van der Waals surface area contributed by atoms with Crippen LogP contribution in [-0.4, -0.2) is 36.6 Å². The van der Waals surface area contributed by atoms with Crippen LogP contribution in [0.1, 0.15) is 18.5 Å². The summed E-state index contributed by atoms with van der Waals surface area (Å²) in [5, 5.41) is 6.20. The van der Waals surface area contributed by atoms with E-state index in [-0.39, 0.29) is 5.97 Å². The average molecular weight is 274 g/mol. The molecule has 0 fully saturated rings. The van der Waals surface area contributed by atoms with Crippen molar-refractivity contribution in [2.75, 3.05) is 31.0 Å². The second-order valence-corrected chi connectivity index (χ2v) is 5.34. The fraction of sp³-hybridized carbons (Fsp3) is 0.636. The molecule has 0 atom stereocenters. The van der Waals surface area contributed by atoms with Crippen molar-refractivity contribution >= 4 is 34.2 Å². The summed E-state index contributed by atoms with van der Waals surface area (Å²) in [4.78, 5) is 15.4. The predicted octanol–water partition coefficient (Wildman–Crippen LogP) is 2.41. The number of thioether (sulfide) groups is 1. The molecule has 1 aromatic rings. The molecule has 6 heteroatoms. The molecule has 0 amide bonds. The third-order valence-corrected chi connectivity index (χ3v) is 3.71. The topological polar surface area (TPSA) is 51.2 Å². The van der Waals surface area contributed by atoms with Crippen molar-refractivity contribution in [2.24, 2.45) is 0 Å². The monoisotopic (exact) mass is 274 g/mol. The molecule has 17 heavy (non-hydrogen) atoms. The Labute approximate surface area is 110 Å². The number of aromatic nitrogens is 1. The number of nitrogens with one attached hydrogen (secondary N) is 1. The van der Waals surface area contributed by atoms with Crippen LogP contribution in [0.3, 0.4) is 0 Å². The fourth-order valence-corrected chi connectivity index (χ4v) is 2.45. The molecule has 1 heterocycles. The van der Waals surface area contributed by atoms with Crippen LogP contribution in [0.25, 0.3) is 0 Å². The number of rotatable bonds is 8. The van der Waals surface area contributed by atoms with E-state index in [0.29, 0.717) is 12.8 Å². The summed E-state index contributed by atoms with van der Waals surface area (Å²) >= 11 is 3.43. The molecule has 0 radical (unpaired) electrons. The van der Waals surface area contributed by atoms with E-state index in [1.165, 1.54) is 7.11 Å². The van der Waals surface area contributed by atoms with Crippen LogP contribution in [0.15, 0.2) is 5.38 Å². The summed E-state index contributed by atoms with van der Waals surface area (Å²) in [5.74, 6) is 0.973. The maximum absolute atomic E-state index is 11.0. The van der Waals surface area contributed by atoms with Gasteiger partial charge in [-0.15, -0.1) is 11.3 Å². The Morgan fingerprint density at radius 1 is 1.65 bits per heavy atom. The van der Waals surface area contributed by atoms with E-state index in [9.17, 15) is 4.79 Å². The molecule has 1 rings (SSSR count). The normalized spacial score (nSPS) is 10.2. The minimum Gasteiger partial charge on any atom is -0.469 e. The van der Waals surface area contributed by atoms with E-state index in [2.05, 4.69) is 21.3 Å². The standard InChI is InChI=1S/C11H18N2O2S2/c1-15-10(14)5-4-9-8-17-11(13-9)12-6-3-7-16-2/h8H,3-7H2,1-2H3,(H,12,13). The molecule has 0 aliphatic heterocycles. The van der Waals surface area contributed by atoms with Crippen molar-refractivity contribution in [1.82, 2.24) is 4.98 Å². The highest BCUT2D eigenvalue weighted by molar-refractivity contribution is 7.98. The Morgan fingerprint density at radius 3 is 3.18 bits per heavy atom. The lowest BCUT2D eigenvalue weighted by molar-refractivity contribution is -0.140. The van der Waals surface area contributed by atoms with Crippen molar-refractivity contribution in [3.8, 4) is 0 Å². The zero-order chi connectivity index (χ0) is 12.5. The molecule has 0 aliphatic carbocycles. The van der Waals surface area contributed by atoms with Crippen molar-refractivity contribution in [1.29, 1.82) is 0 Å². The smallest absolute Gasteiger partial charge is 0.305 e. The Hall–Kier alpha value is -0.750. The average Bonchev–Trinajstić information content (AvgIpc) is 2.79. The SMILES string of the molecule is COC(=O)CCc1csc(NCCCSC)n1. The van der Waals surface area contributed by atoms with Crippen molar-refractivity contribution in [2.45, 2.75) is 19.3 Å². The van der Waals surface area contributed by atoms with Gasteiger partial charge in [0.05, 0.1) is 19.2 Å². The van der Waals surface area contributed by atoms with E-state index in [1.54, 1.807) is 11.3 Å². The van der Waals surface area contributed by atoms with E-state index in [0.717, 1.165) is 29.5 Å². The van der Waals surface area contributed by atoms with Crippen LogP contribution < -0.4 is 5.32 Å². The molecule has 1 N–H and O–H groups in total. The number of carbonyl (C=O) groups excluding carboxylic acids is 1. The van der Waals surface area contributed by atoms with E-state index in [1.807, 2.05) is 17.1 Å². The molecule has 0 aromatic carbocycles. The summed E-state index contributed by atoms with van der Waals surface area (Å²) in [5.41, 5.74) is 0.952. The van der Waals surface area contributed by atoms with Gasteiger partial charge in [-0.25, -0.2) is 4.98 Å². The lowest BCUT2D eigenvalue weighted by Gasteiger charge is -2.00. The van der Waals surface area contributed by atoms with Gasteiger partial charge in [-0.1, -0.05) is 0 Å². The number of carbonyl (C=O) groups is 1. The first kappa shape index (κ1) is 14.3. The summed E-state index contributed by atoms with van der Waals surface area (Å²) in [6, 6.07) is 0. The second kappa shape index (κ2) is 8.36. The number of aryl methyl sites for hydroxylation is 1. The first-order chi connectivity index (χ1) is 8.26. The minimum atomic E-state index is -0.188. The number of esters is 1. The third kappa shape index (κ3) is 5.93. The Bertz CT molecular complexity index is 342. The Morgan fingerprint density at radius 2 is 2.47 bits per heavy atom. The van der Waals surface area contributed by atoms with Gasteiger partial charge in [0.15, 0.2) is 5.13 Å². The van der Waals surface area contributed by atoms with Gasteiger partial charge >= 0.3 is 5.97 Å². The van der Waals surface area contributed by atoms with Gasteiger partial charge in [-0.3, -0.25) is 4.79 Å². The molecule has 0 aliphatic rings. The number of nitrogens with zero attached hydrogens (tertiary/aromatic N) is 1. The lowest BCUT2D eigenvalue weighted by atomic mass is 10.2. The maximum Gasteiger partial charge on any atom is 0.305 e.